The third kappa shape index (κ3) is 4.36. The lowest BCUT2D eigenvalue weighted by Gasteiger charge is -2.40. The lowest BCUT2D eigenvalue weighted by molar-refractivity contribution is -0.143. The number of carbonyl (C=O) groups is 2. The Balaban J connectivity index is 1.20. The van der Waals surface area contributed by atoms with Crippen molar-refractivity contribution >= 4 is 23.4 Å². The monoisotopic (exact) mass is 475 g/mol. The van der Waals surface area contributed by atoms with Crippen LogP contribution < -0.4 is 10.2 Å². The number of carbonyl (C=O) groups excluding carboxylic acids is 2. The zero-order chi connectivity index (χ0) is 24.6. The minimum absolute atomic E-state index is 0.0996. The molecule has 35 heavy (non-hydrogen) atoms. The number of benzene rings is 2. The first-order valence-electron chi connectivity index (χ1n) is 11.8. The molecule has 0 radical (unpaired) electrons. The smallest absolute Gasteiger partial charge is 0.412 e. The second-order valence-electron chi connectivity index (χ2n) is 9.31. The lowest BCUT2D eigenvalue weighted by Crippen LogP contribution is -2.45. The van der Waals surface area contributed by atoms with Gasteiger partial charge in [-0.1, -0.05) is 47.6 Å². The van der Waals surface area contributed by atoms with Crippen molar-refractivity contribution in [2.75, 3.05) is 30.4 Å². The molecule has 1 atom stereocenters. The fraction of sp³-hybridized carbons (Fsp3) is 0.370. The van der Waals surface area contributed by atoms with E-state index in [0.717, 1.165) is 42.7 Å². The molecule has 2 fully saturated rings. The highest BCUT2D eigenvalue weighted by Crippen LogP contribution is 2.49. The van der Waals surface area contributed by atoms with Gasteiger partial charge in [0, 0.05) is 18.8 Å². The number of hydrogen-bond donors (Lipinski definition) is 1. The number of nitrogens with zero attached hydrogens (tertiary/aromatic N) is 2. The molecule has 1 saturated carbocycles. The predicted molar refractivity (Wildman–Crippen MR) is 131 cm³/mol. The van der Waals surface area contributed by atoms with Crippen LogP contribution in [0.5, 0.6) is 0 Å². The summed E-state index contributed by atoms with van der Waals surface area (Å²) in [6, 6.07) is 17.7. The number of rotatable bonds is 7. The third-order valence-electron chi connectivity index (χ3n) is 7.03. The summed E-state index contributed by atoms with van der Waals surface area (Å²) < 4.78 is 16.1. The Morgan fingerprint density at radius 2 is 1.80 bits per heavy atom. The van der Waals surface area contributed by atoms with E-state index in [2.05, 4.69) is 15.4 Å². The number of aryl methyl sites for hydroxylation is 1. The highest BCUT2D eigenvalue weighted by molar-refractivity contribution is 5.87. The highest BCUT2D eigenvalue weighted by Gasteiger charge is 2.52. The number of ether oxygens (including phenoxy) is 2. The van der Waals surface area contributed by atoms with E-state index in [1.165, 1.54) is 7.11 Å². The Bertz CT molecular complexity index is 1210. The summed E-state index contributed by atoms with van der Waals surface area (Å²) in [6.45, 7) is 5.11. The summed E-state index contributed by atoms with van der Waals surface area (Å²) in [6.07, 6.45) is 0.743. The van der Waals surface area contributed by atoms with Gasteiger partial charge in [0.25, 0.3) is 0 Å². The molecule has 3 aromatic rings. The quantitative estimate of drug-likeness (QED) is 0.475. The van der Waals surface area contributed by atoms with Crippen molar-refractivity contribution in [3.63, 3.8) is 0 Å². The summed E-state index contributed by atoms with van der Waals surface area (Å²) in [7, 11) is 1.44. The third-order valence-corrected chi connectivity index (χ3v) is 7.03. The Kier molecular flexibility index (Phi) is 5.96. The molecule has 0 spiro atoms. The van der Waals surface area contributed by atoms with Crippen LogP contribution in [0.4, 0.5) is 16.2 Å². The number of methoxy groups -OCH3 is 1. The molecule has 0 unspecified atom stereocenters. The number of amides is 1. The normalized spacial score (nSPS) is 17.3. The standard InChI is InChI=1S/C27H29N3O5/c1-17-23(28-26(32)34-18(2)19-7-5-4-6-8-19)24(35-29-17)20-15-30(16-20)22-11-9-21(10-12-22)27(13-14-27)25(31)33-3/h4-12,18,20H,13-16H2,1-3H3,(H,28,32)/t18-/m1/s1. The molecule has 182 valence electrons. The van der Waals surface area contributed by atoms with E-state index < -0.39 is 11.5 Å². The average molecular weight is 476 g/mol. The lowest BCUT2D eigenvalue weighted by atomic mass is 9.93. The summed E-state index contributed by atoms with van der Waals surface area (Å²) in [5.41, 5.74) is 3.73. The zero-order valence-corrected chi connectivity index (χ0v) is 20.1. The Morgan fingerprint density at radius 3 is 2.43 bits per heavy atom. The Morgan fingerprint density at radius 1 is 1.11 bits per heavy atom. The van der Waals surface area contributed by atoms with E-state index in [4.69, 9.17) is 14.0 Å². The van der Waals surface area contributed by atoms with Crippen molar-refractivity contribution in [1.29, 1.82) is 0 Å². The molecule has 8 heteroatoms. The molecular formula is C27H29N3O5. The zero-order valence-electron chi connectivity index (χ0n) is 20.1. The fourth-order valence-electron chi connectivity index (χ4n) is 4.68. The topological polar surface area (TPSA) is 93.9 Å². The van der Waals surface area contributed by atoms with Crippen molar-refractivity contribution in [3.05, 3.63) is 77.2 Å². The summed E-state index contributed by atoms with van der Waals surface area (Å²) in [5.74, 6) is 0.594. The van der Waals surface area contributed by atoms with Gasteiger partial charge in [0.1, 0.15) is 17.5 Å². The molecule has 1 amide bonds. The van der Waals surface area contributed by atoms with Gasteiger partial charge in [0.15, 0.2) is 5.76 Å². The van der Waals surface area contributed by atoms with E-state index in [1.54, 1.807) is 6.92 Å². The Labute approximate surface area is 204 Å². The van der Waals surface area contributed by atoms with Crippen LogP contribution in [0.15, 0.2) is 59.1 Å². The summed E-state index contributed by atoms with van der Waals surface area (Å²) >= 11 is 0. The molecule has 1 aliphatic heterocycles. The molecule has 1 aromatic heterocycles. The van der Waals surface area contributed by atoms with Gasteiger partial charge >= 0.3 is 12.1 Å². The van der Waals surface area contributed by atoms with Gasteiger partial charge in [-0.3, -0.25) is 10.1 Å². The van der Waals surface area contributed by atoms with Crippen molar-refractivity contribution in [2.45, 2.75) is 44.1 Å². The first-order chi connectivity index (χ1) is 16.9. The maximum absolute atomic E-state index is 12.6. The van der Waals surface area contributed by atoms with E-state index in [-0.39, 0.29) is 18.0 Å². The highest BCUT2D eigenvalue weighted by atomic mass is 16.6. The van der Waals surface area contributed by atoms with Crippen LogP contribution in [-0.2, 0) is 19.7 Å². The molecule has 2 heterocycles. The summed E-state index contributed by atoms with van der Waals surface area (Å²) in [5, 5.41) is 6.90. The molecule has 1 aliphatic carbocycles. The predicted octanol–water partition coefficient (Wildman–Crippen LogP) is 5.10. The van der Waals surface area contributed by atoms with Gasteiger partial charge in [-0.2, -0.15) is 0 Å². The average Bonchev–Trinajstić information content (AvgIpc) is 3.59. The molecule has 2 aliphatic rings. The van der Waals surface area contributed by atoms with Gasteiger partial charge in [0.05, 0.1) is 18.4 Å². The second-order valence-corrected chi connectivity index (χ2v) is 9.31. The van der Waals surface area contributed by atoms with Crippen molar-refractivity contribution in [3.8, 4) is 0 Å². The maximum Gasteiger partial charge on any atom is 0.412 e. The second kappa shape index (κ2) is 9.09. The number of aromatic nitrogens is 1. The number of anilines is 2. The van der Waals surface area contributed by atoms with Crippen LogP contribution in [0.2, 0.25) is 0 Å². The van der Waals surface area contributed by atoms with Crippen LogP contribution in [0.25, 0.3) is 0 Å². The number of esters is 1. The molecule has 5 rings (SSSR count). The van der Waals surface area contributed by atoms with Crippen LogP contribution >= 0.6 is 0 Å². The molecule has 8 nitrogen and oxygen atoms in total. The number of hydrogen-bond acceptors (Lipinski definition) is 7. The molecular weight excluding hydrogens is 446 g/mol. The van der Waals surface area contributed by atoms with Crippen molar-refractivity contribution in [1.82, 2.24) is 5.16 Å². The van der Waals surface area contributed by atoms with Gasteiger partial charge in [-0.05, 0) is 49.9 Å². The SMILES string of the molecule is COC(=O)C1(c2ccc(N3CC(c4onc(C)c4NC(=O)O[C@H](C)c4ccccc4)C3)cc2)CC1. The van der Waals surface area contributed by atoms with E-state index in [9.17, 15) is 9.59 Å². The first kappa shape index (κ1) is 23.0. The van der Waals surface area contributed by atoms with Crippen LogP contribution in [0, 0.1) is 6.92 Å². The molecule has 0 bridgehead atoms. The maximum atomic E-state index is 12.6. The van der Waals surface area contributed by atoms with Crippen LogP contribution in [0.3, 0.4) is 0 Å². The fourth-order valence-corrected chi connectivity index (χ4v) is 4.68. The first-order valence-corrected chi connectivity index (χ1v) is 11.8. The number of nitrogens with one attached hydrogen (secondary N) is 1. The van der Waals surface area contributed by atoms with Gasteiger partial charge in [0.2, 0.25) is 0 Å². The van der Waals surface area contributed by atoms with Crippen molar-refractivity contribution in [2.24, 2.45) is 0 Å². The molecule has 2 aromatic carbocycles. The largest absolute Gasteiger partial charge is 0.468 e. The molecule has 1 saturated heterocycles. The van der Waals surface area contributed by atoms with Crippen molar-refractivity contribution < 1.29 is 23.6 Å². The van der Waals surface area contributed by atoms with Gasteiger partial charge in [-0.15, -0.1) is 0 Å². The summed E-state index contributed by atoms with van der Waals surface area (Å²) in [4.78, 5) is 26.9. The van der Waals surface area contributed by atoms with E-state index in [0.29, 0.717) is 17.1 Å². The minimum atomic E-state index is -0.541. The minimum Gasteiger partial charge on any atom is -0.468 e. The van der Waals surface area contributed by atoms with E-state index >= 15 is 0 Å². The van der Waals surface area contributed by atoms with Gasteiger partial charge < -0.3 is 18.9 Å². The van der Waals surface area contributed by atoms with Crippen LogP contribution in [-0.4, -0.2) is 37.4 Å². The van der Waals surface area contributed by atoms with E-state index in [1.807, 2.05) is 61.5 Å². The van der Waals surface area contributed by atoms with Gasteiger partial charge in [-0.25, -0.2) is 4.79 Å². The van der Waals surface area contributed by atoms with Crippen LogP contribution in [0.1, 0.15) is 54.4 Å². The molecule has 1 N–H and O–H groups in total. The Hall–Kier alpha value is -3.81.